The third-order valence-electron chi connectivity index (χ3n) is 2.16. The minimum atomic E-state index is -4.75. The second kappa shape index (κ2) is 4.96. The van der Waals surface area contributed by atoms with Crippen LogP contribution in [0.25, 0.3) is 0 Å². The first-order chi connectivity index (χ1) is 8.47. The van der Waals surface area contributed by atoms with Gasteiger partial charge < -0.3 is 4.74 Å². The molecule has 2 aromatic carbocycles. The number of ether oxygens (including phenoxy) is 1. The van der Waals surface area contributed by atoms with Crippen LogP contribution in [-0.4, -0.2) is 8.42 Å². The number of rotatable bonds is 3. The van der Waals surface area contributed by atoms with Crippen molar-refractivity contribution in [2.75, 3.05) is 0 Å². The zero-order valence-electron chi connectivity index (χ0n) is 9.01. The fourth-order valence-corrected chi connectivity index (χ4v) is 2.10. The maximum Gasteiger partial charge on any atom is 0.332 e. The number of hydrogen-bond donors (Lipinski definition) is 0. The summed E-state index contributed by atoms with van der Waals surface area (Å²) in [5.74, 6) is 0.811. The van der Waals surface area contributed by atoms with Gasteiger partial charge in [0.2, 0.25) is 0 Å². The Morgan fingerprint density at radius 3 is 2.28 bits per heavy atom. The average Bonchev–Trinajstić information content (AvgIpc) is 2.32. The Balaban J connectivity index is 2.32. The van der Waals surface area contributed by atoms with Gasteiger partial charge in [-0.05, 0) is 30.3 Å². The fraction of sp³-hybridized carbons (Fsp3) is 0. The highest BCUT2D eigenvalue weighted by Crippen LogP contribution is 2.31. The molecule has 3 nitrogen and oxygen atoms in total. The van der Waals surface area contributed by atoms with Crippen molar-refractivity contribution in [2.24, 2.45) is 0 Å². The summed E-state index contributed by atoms with van der Waals surface area (Å²) in [5.41, 5.74) is 0. The molecule has 0 saturated carbocycles. The monoisotopic (exact) mass is 286 g/mol. The molecule has 0 N–H and O–H groups in total. The summed E-state index contributed by atoms with van der Waals surface area (Å²) in [6.45, 7) is 0. The van der Waals surface area contributed by atoms with Crippen LogP contribution in [0.4, 0.5) is 3.89 Å². The van der Waals surface area contributed by atoms with Crippen LogP contribution in [0.5, 0.6) is 11.5 Å². The van der Waals surface area contributed by atoms with Crippen molar-refractivity contribution >= 4 is 21.8 Å². The van der Waals surface area contributed by atoms with Crippen molar-refractivity contribution in [3.05, 3.63) is 53.6 Å². The van der Waals surface area contributed by atoms with E-state index in [1.807, 2.05) is 6.07 Å². The third-order valence-corrected chi connectivity index (χ3v) is 3.27. The van der Waals surface area contributed by atoms with Crippen LogP contribution in [0.2, 0.25) is 5.02 Å². The summed E-state index contributed by atoms with van der Waals surface area (Å²) < 4.78 is 39.5. The van der Waals surface area contributed by atoms with Crippen molar-refractivity contribution in [1.82, 2.24) is 0 Å². The molecule has 6 heteroatoms. The standard InChI is InChI=1S/C12H8ClFO3S/c13-11-8-10(18(14,15)16)6-7-12(11)17-9-4-2-1-3-5-9/h1-8H. The van der Waals surface area contributed by atoms with Gasteiger partial charge in [-0.25, -0.2) is 0 Å². The maximum atomic E-state index is 12.7. The van der Waals surface area contributed by atoms with E-state index in [9.17, 15) is 12.3 Å². The molecule has 0 bridgehead atoms. The Bertz CT molecular complexity index is 656. The molecule has 0 atom stereocenters. The van der Waals surface area contributed by atoms with Crippen LogP contribution in [0.15, 0.2) is 53.4 Å². The lowest BCUT2D eigenvalue weighted by molar-refractivity contribution is 0.482. The van der Waals surface area contributed by atoms with Gasteiger partial charge in [0.05, 0.1) is 5.02 Å². The smallest absolute Gasteiger partial charge is 0.332 e. The Labute approximate surface area is 109 Å². The Morgan fingerprint density at radius 2 is 1.72 bits per heavy atom. The van der Waals surface area contributed by atoms with E-state index in [2.05, 4.69) is 0 Å². The molecule has 0 spiro atoms. The van der Waals surface area contributed by atoms with E-state index in [1.54, 1.807) is 24.3 Å². The lowest BCUT2D eigenvalue weighted by Crippen LogP contribution is -1.93. The predicted molar refractivity (Wildman–Crippen MR) is 66.3 cm³/mol. The second-order valence-electron chi connectivity index (χ2n) is 3.45. The third kappa shape index (κ3) is 3.00. The van der Waals surface area contributed by atoms with Gasteiger partial charge in [-0.2, -0.15) is 8.42 Å². The minimum Gasteiger partial charge on any atom is -0.456 e. The van der Waals surface area contributed by atoms with E-state index in [1.165, 1.54) is 6.07 Å². The highest BCUT2D eigenvalue weighted by molar-refractivity contribution is 7.86. The minimum absolute atomic E-state index is 0.0255. The molecule has 2 aromatic rings. The van der Waals surface area contributed by atoms with Crippen LogP contribution in [0, 0.1) is 0 Å². The Morgan fingerprint density at radius 1 is 1.06 bits per heavy atom. The van der Waals surface area contributed by atoms with Crippen molar-refractivity contribution in [2.45, 2.75) is 4.90 Å². The molecule has 0 radical (unpaired) electrons. The van der Waals surface area contributed by atoms with Crippen molar-refractivity contribution in [1.29, 1.82) is 0 Å². The van der Waals surface area contributed by atoms with Gasteiger partial charge >= 0.3 is 10.2 Å². The SMILES string of the molecule is O=S(=O)(F)c1ccc(Oc2ccccc2)c(Cl)c1. The van der Waals surface area contributed by atoms with E-state index >= 15 is 0 Å². The van der Waals surface area contributed by atoms with Gasteiger partial charge in [-0.3, -0.25) is 0 Å². The van der Waals surface area contributed by atoms with Gasteiger partial charge in [0.15, 0.2) is 0 Å². The summed E-state index contributed by atoms with van der Waals surface area (Å²) in [7, 11) is -4.75. The summed E-state index contributed by atoms with van der Waals surface area (Å²) in [6, 6.07) is 12.2. The Kier molecular flexibility index (Phi) is 3.54. The van der Waals surface area contributed by atoms with E-state index < -0.39 is 15.1 Å². The summed E-state index contributed by atoms with van der Waals surface area (Å²) >= 11 is 5.83. The van der Waals surface area contributed by atoms with E-state index in [4.69, 9.17) is 16.3 Å². The van der Waals surface area contributed by atoms with Crippen molar-refractivity contribution in [3.8, 4) is 11.5 Å². The van der Waals surface area contributed by atoms with Gasteiger partial charge in [0, 0.05) is 0 Å². The van der Waals surface area contributed by atoms with Crippen molar-refractivity contribution in [3.63, 3.8) is 0 Å². The molecule has 0 aliphatic carbocycles. The zero-order chi connectivity index (χ0) is 13.2. The first kappa shape index (κ1) is 12.9. The summed E-state index contributed by atoms with van der Waals surface area (Å²) in [6.07, 6.45) is 0. The highest BCUT2D eigenvalue weighted by Gasteiger charge is 2.14. The van der Waals surface area contributed by atoms with Crippen molar-refractivity contribution < 1.29 is 17.0 Å². The predicted octanol–water partition coefficient (Wildman–Crippen LogP) is 3.79. The lowest BCUT2D eigenvalue weighted by Gasteiger charge is -2.07. The van der Waals surface area contributed by atoms with Crippen LogP contribution in [0.1, 0.15) is 0 Å². The van der Waals surface area contributed by atoms with E-state index in [-0.39, 0.29) is 10.8 Å². The molecule has 2 rings (SSSR count). The highest BCUT2D eigenvalue weighted by atomic mass is 35.5. The van der Waals surface area contributed by atoms with Crippen LogP contribution in [-0.2, 0) is 10.2 Å². The lowest BCUT2D eigenvalue weighted by atomic mass is 10.3. The molecule has 0 saturated heterocycles. The average molecular weight is 287 g/mol. The molecule has 0 aliphatic heterocycles. The van der Waals surface area contributed by atoms with Gasteiger partial charge in [0.1, 0.15) is 16.4 Å². The van der Waals surface area contributed by atoms with Crippen LogP contribution in [0.3, 0.4) is 0 Å². The molecule has 0 fully saturated rings. The van der Waals surface area contributed by atoms with Crippen LogP contribution >= 0.6 is 11.6 Å². The molecule has 0 unspecified atom stereocenters. The van der Waals surface area contributed by atoms with Gasteiger partial charge in [0.25, 0.3) is 0 Å². The molecule has 94 valence electrons. The first-order valence-corrected chi connectivity index (χ1v) is 6.70. The molecule has 0 aromatic heterocycles. The van der Waals surface area contributed by atoms with E-state index in [0.717, 1.165) is 12.1 Å². The number of para-hydroxylation sites is 1. The zero-order valence-corrected chi connectivity index (χ0v) is 10.6. The molecule has 0 heterocycles. The molecule has 0 aliphatic rings. The molecular weight excluding hydrogens is 279 g/mol. The topological polar surface area (TPSA) is 43.4 Å². The fourth-order valence-electron chi connectivity index (χ4n) is 1.33. The number of halogens is 2. The first-order valence-electron chi connectivity index (χ1n) is 4.94. The largest absolute Gasteiger partial charge is 0.456 e. The van der Waals surface area contributed by atoms with Gasteiger partial charge in [-0.15, -0.1) is 3.89 Å². The second-order valence-corrected chi connectivity index (χ2v) is 5.20. The number of benzene rings is 2. The quantitative estimate of drug-likeness (QED) is 0.806. The summed E-state index contributed by atoms with van der Waals surface area (Å²) in [5, 5.41) is 0.0255. The molecule has 18 heavy (non-hydrogen) atoms. The molecule has 0 amide bonds. The Hall–Kier alpha value is -1.59. The normalized spacial score (nSPS) is 11.2. The number of hydrogen-bond acceptors (Lipinski definition) is 3. The molecular formula is C12H8ClFO3S. The van der Waals surface area contributed by atoms with E-state index in [0.29, 0.717) is 5.75 Å². The van der Waals surface area contributed by atoms with Gasteiger partial charge in [-0.1, -0.05) is 29.8 Å². The maximum absolute atomic E-state index is 12.7. The van der Waals surface area contributed by atoms with Crippen LogP contribution < -0.4 is 4.74 Å². The summed E-state index contributed by atoms with van der Waals surface area (Å²) in [4.78, 5) is -0.493.